The summed E-state index contributed by atoms with van der Waals surface area (Å²) in [6.07, 6.45) is 2.33. The van der Waals surface area contributed by atoms with E-state index in [1.807, 2.05) is 37.3 Å². The molecule has 0 aliphatic carbocycles. The molecule has 2 atom stereocenters. The van der Waals surface area contributed by atoms with E-state index < -0.39 is 0 Å². The van der Waals surface area contributed by atoms with Crippen molar-refractivity contribution in [2.24, 2.45) is 0 Å². The predicted molar refractivity (Wildman–Crippen MR) is 111 cm³/mol. The second-order valence-corrected chi connectivity index (χ2v) is 7.23. The van der Waals surface area contributed by atoms with Gasteiger partial charge in [-0.25, -0.2) is 0 Å². The average molecular weight is 375 g/mol. The summed E-state index contributed by atoms with van der Waals surface area (Å²) in [7, 11) is 0. The van der Waals surface area contributed by atoms with Crippen LogP contribution in [-0.2, 0) is 4.74 Å². The van der Waals surface area contributed by atoms with E-state index in [2.05, 4.69) is 29.6 Å². The number of benzene rings is 3. The van der Waals surface area contributed by atoms with Crippen molar-refractivity contribution in [1.29, 1.82) is 0 Å². The van der Waals surface area contributed by atoms with Gasteiger partial charge in [-0.3, -0.25) is 4.79 Å². The zero-order valence-electron chi connectivity index (χ0n) is 16.1. The SMILES string of the molecule is C[C@H](NC(=O)c1ccc(OC[C@H]2CCCO2)cc1)c1cccc2ccccc12. The predicted octanol–water partition coefficient (Wildman–Crippen LogP) is 4.89. The number of carbonyl (C=O) groups is 1. The maximum atomic E-state index is 12.7. The van der Waals surface area contributed by atoms with Gasteiger partial charge in [-0.2, -0.15) is 0 Å². The number of hydrogen-bond acceptors (Lipinski definition) is 3. The number of ether oxygens (including phenoxy) is 2. The van der Waals surface area contributed by atoms with Gasteiger partial charge in [0.25, 0.3) is 5.91 Å². The number of rotatable bonds is 6. The molecule has 28 heavy (non-hydrogen) atoms. The van der Waals surface area contributed by atoms with Crippen molar-refractivity contribution in [3.63, 3.8) is 0 Å². The highest BCUT2D eigenvalue weighted by atomic mass is 16.5. The van der Waals surface area contributed by atoms with Gasteiger partial charge in [0.15, 0.2) is 0 Å². The number of nitrogens with one attached hydrogen (secondary N) is 1. The van der Waals surface area contributed by atoms with Crippen LogP contribution in [-0.4, -0.2) is 25.2 Å². The highest BCUT2D eigenvalue weighted by Gasteiger charge is 2.16. The summed E-state index contributed by atoms with van der Waals surface area (Å²) >= 11 is 0. The molecule has 0 radical (unpaired) electrons. The van der Waals surface area contributed by atoms with Gasteiger partial charge in [0, 0.05) is 12.2 Å². The molecule has 1 heterocycles. The minimum atomic E-state index is -0.0916. The van der Waals surface area contributed by atoms with E-state index in [0.717, 1.165) is 36.1 Å². The Balaban J connectivity index is 1.40. The lowest BCUT2D eigenvalue weighted by molar-refractivity contribution is 0.0679. The first kappa shape index (κ1) is 18.5. The van der Waals surface area contributed by atoms with Crippen LogP contribution < -0.4 is 10.1 Å². The van der Waals surface area contributed by atoms with E-state index in [1.54, 1.807) is 12.1 Å². The summed E-state index contributed by atoms with van der Waals surface area (Å²) in [5, 5.41) is 5.44. The Hall–Kier alpha value is -2.85. The van der Waals surface area contributed by atoms with Crippen LogP contribution in [0.25, 0.3) is 10.8 Å². The third-order valence-corrected chi connectivity index (χ3v) is 5.21. The molecule has 0 aromatic heterocycles. The molecule has 0 spiro atoms. The minimum Gasteiger partial charge on any atom is -0.491 e. The van der Waals surface area contributed by atoms with Crippen LogP contribution in [0.5, 0.6) is 5.75 Å². The zero-order valence-corrected chi connectivity index (χ0v) is 16.1. The third kappa shape index (κ3) is 4.18. The molecular weight excluding hydrogens is 350 g/mol. The fourth-order valence-corrected chi connectivity index (χ4v) is 3.65. The van der Waals surface area contributed by atoms with Crippen LogP contribution in [0.1, 0.15) is 41.7 Å². The monoisotopic (exact) mass is 375 g/mol. The van der Waals surface area contributed by atoms with Gasteiger partial charge in [-0.05, 0) is 60.4 Å². The lowest BCUT2D eigenvalue weighted by Crippen LogP contribution is -2.26. The van der Waals surface area contributed by atoms with Crippen molar-refractivity contribution in [2.75, 3.05) is 13.2 Å². The third-order valence-electron chi connectivity index (χ3n) is 5.21. The molecule has 1 aliphatic heterocycles. The van der Waals surface area contributed by atoms with Gasteiger partial charge < -0.3 is 14.8 Å². The summed E-state index contributed by atoms with van der Waals surface area (Å²) in [4.78, 5) is 12.7. The van der Waals surface area contributed by atoms with Gasteiger partial charge in [0.2, 0.25) is 0 Å². The van der Waals surface area contributed by atoms with Crippen LogP contribution in [0.4, 0.5) is 0 Å². The first-order chi connectivity index (χ1) is 13.7. The molecule has 1 saturated heterocycles. The summed E-state index contributed by atoms with van der Waals surface area (Å²) in [5.41, 5.74) is 1.74. The Morgan fingerprint density at radius 2 is 1.89 bits per heavy atom. The van der Waals surface area contributed by atoms with Crippen molar-refractivity contribution in [3.05, 3.63) is 77.9 Å². The molecule has 1 amide bonds. The first-order valence-electron chi connectivity index (χ1n) is 9.84. The number of hydrogen-bond donors (Lipinski definition) is 1. The molecule has 3 aromatic rings. The summed E-state index contributed by atoms with van der Waals surface area (Å²) < 4.78 is 11.3. The standard InChI is InChI=1S/C24H25NO3/c1-17(22-10-4-7-18-6-2-3-9-23(18)22)25-24(26)19-11-13-20(14-12-19)28-16-21-8-5-15-27-21/h2-4,6-7,9-14,17,21H,5,8,15-16H2,1H3,(H,25,26)/t17-,21+/m0/s1. The average Bonchev–Trinajstić information content (AvgIpc) is 3.26. The highest BCUT2D eigenvalue weighted by Crippen LogP contribution is 2.24. The largest absolute Gasteiger partial charge is 0.491 e. The topological polar surface area (TPSA) is 47.6 Å². The molecular formula is C24H25NO3. The van der Waals surface area contributed by atoms with Crippen molar-refractivity contribution in [2.45, 2.75) is 31.9 Å². The van der Waals surface area contributed by atoms with Crippen molar-refractivity contribution >= 4 is 16.7 Å². The van der Waals surface area contributed by atoms with Crippen LogP contribution in [0.15, 0.2) is 66.7 Å². The Labute approximate surface area is 165 Å². The minimum absolute atomic E-state index is 0.0889. The molecule has 1 fully saturated rings. The van der Waals surface area contributed by atoms with Crippen molar-refractivity contribution < 1.29 is 14.3 Å². The van der Waals surface area contributed by atoms with Crippen molar-refractivity contribution in [1.82, 2.24) is 5.32 Å². The summed E-state index contributed by atoms with van der Waals surface area (Å²) in [5.74, 6) is 0.667. The van der Waals surface area contributed by atoms with Gasteiger partial charge in [0.1, 0.15) is 12.4 Å². The van der Waals surface area contributed by atoms with Gasteiger partial charge in [0.05, 0.1) is 12.1 Å². The summed E-state index contributed by atoms with van der Waals surface area (Å²) in [6, 6.07) is 21.6. The molecule has 4 heteroatoms. The van der Waals surface area contributed by atoms with Crippen molar-refractivity contribution in [3.8, 4) is 5.75 Å². The molecule has 4 rings (SSSR count). The van der Waals surface area contributed by atoms with E-state index in [-0.39, 0.29) is 18.1 Å². The van der Waals surface area contributed by atoms with E-state index in [1.165, 1.54) is 5.39 Å². The van der Waals surface area contributed by atoms with E-state index >= 15 is 0 Å². The van der Waals surface area contributed by atoms with Gasteiger partial charge in [-0.15, -0.1) is 0 Å². The second-order valence-electron chi connectivity index (χ2n) is 7.23. The Morgan fingerprint density at radius 3 is 2.68 bits per heavy atom. The van der Waals surface area contributed by atoms with E-state index in [4.69, 9.17) is 9.47 Å². The molecule has 0 saturated carbocycles. The van der Waals surface area contributed by atoms with E-state index in [9.17, 15) is 4.79 Å². The normalized spacial score (nSPS) is 17.4. The van der Waals surface area contributed by atoms with Gasteiger partial charge in [-0.1, -0.05) is 42.5 Å². The molecule has 1 aliphatic rings. The number of fused-ring (bicyclic) bond motifs is 1. The molecule has 3 aromatic carbocycles. The van der Waals surface area contributed by atoms with Crippen LogP contribution in [0.2, 0.25) is 0 Å². The second kappa shape index (κ2) is 8.44. The molecule has 0 bridgehead atoms. The maximum absolute atomic E-state index is 12.7. The van der Waals surface area contributed by atoms with Crippen LogP contribution in [0.3, 0.4) is 0 Å². The molecule has 0 unspecified atom stereocenters. The number of carbonyl (C=O) groups excluding carboxylic acids is 1. The molecule has 1 N–H and O–H groups in total. The maximum Gasteiger partial charge on any atom is 0.251 e. The lowest BCUT2D eigenvalue weighted by atomic mass is 9.99. The first-order valence-corrected chi connectivity index (χ1v) is 9.84. The van der Waals surface area contributed by atoms with Crippen LogP contribution in [0, 0.1) is 0 Å². The van der Waals surface area contributed by atoms with E-state index in [0.29, 0.717) is 12.2 Å². The lowest BCUT2D eigenvalue weighted by Gasteiger charge is -2.17. The summed E-state index contributed by atoms with van der Waals surface area (Å²) in [6.45, 7) is 3.39. The fraction of sp³-hybridized carbons (Fsp3) is 0.292. The molecule has 144 valence electrons. The Kier molecular flexibility index (Phi) is 5.58. The Bertz CT molecular complexity index is 940. The zero-order chi connectivity index (χ0) is 19.3. The Morgan fingerprint density at radius 1 is 1.11 bits per heavy atom. The fourth-order valence-electron chi connectivity index (χ4n) is 3.65. The van der Waals surface area contributed by atoms with Gasteiger partial charge >= 0.3 is 0 Å². The quantitative estimate of drug-likeness (QED) is 0.667. The molecule has 4 nitrogen and oxygen atoms in total. The highest BCUT2D eigenvalue weighted by molar-refractivity contribution is 5.95. The van der Waals surface area contributed by atoms with Crippen LogP contribution >= 0.6 is 0 Å². The number of amides is 1. The smallest absolute Gasteiger partial charge is 0.251 e.